The van der Waals surface area contributed by atoms with Crippen molar-refractivity contribution in [2.24, 2.45) is 0 Å². The van der Waals surface area contributed by atoms with Crippen LogP contribution in [-0.4, -0.2) is 35.0 Å². The van der Waals surface area contributed by atoms with E-state index in [1.165, 1.54) is 18.5 Å². The number of hydrogen-bond acceptors (Lipinski definition) is 5. The van der Waals surface area contributed by atoms with Gasteiger partial charge in [0.25, 0.3) is 5.91 Å². The van der Waals surface area contributed by atoms with Crippen molar-refractivity contribution in [1.82, 2.24) is 15.3 Å². The molecular weight excluding hydrogens is 326 g/mol. The van der Waals surface area contributed by atoms with E-state index in [9.17, 15) is 4.79 Å². The number of nitrogens with zero attached hydrogens (tertiary/aromatic N) is 3. The first-order chi connectivity index (χ1) is 12.5. The Morgan fingerprint density at radius 2 is 1.88 bits per heavy atom. The SMILES string of the molecule is CCC(C)NC(=O)c1cc(C)nc(Nc2ccc(N3CCCC3)cc2)n1. The van der Waals surface area contributed by atoms with Crippen LogP contribution in [0, 0.1) is 6.92 Å². The summed E-state index contributed by atoms with van der Waals surface area (Å²) in [6.07, 6.45) is 3.40. The maximum absolute atomic E-state index is 12.3. The predicted molar refractivity (Wildman–Crippen MR) is 105 cm³/mol. The molecule has 2 N–H and O–H groups in total. The van der Waals surface area contributed by atoms with Crippen LogP contribution >= 0.6 is 0 Å². The second kappa shape index (κ2) is 8.17. The fourth-order valence-electron chi connectivity index (χ4n) is 3.00. The van der Waals surface area contributed by atoms with Crippen molar-refractivity contribution in [3.8, 4) is 0 Å². The molecule has 1 aliphatic heterocycles. The van der Waals surface area contributed by atoms with E-state index in [1.807, 2.05) is 32.9 Å². The number of benzene rings is 1. The molecule has 2 heterocycles. The highest BCUT2D eigenvalue weighted by Crippen LogP contribution is 2.23. The first-order valence-corrected chi connectivity index (χ1v) is 9.33. The van der Waals surface area contributed by atoms with Gasteiger partial charge in [-0.15, -0.1) is 0 Å². The molecule has 1 amide bonds. The highest BCUT2D eigenvalue weighted by molar-refractivity contribution is 5.92. The predicted octanol–water partition coefficient (Wildman–Crippen LogP) is 3.66. The number of nitrogens with one attached hydrogen (secondary N) is 2. The van der Waals surface area contributed by atoms with Crippen LogP contribution in [0.3, 0.4) is 0 Å². The number of carbonyl (C=O) groups is 1. The summed E-state index contributed by atoms with van der Waals surface area (Å²) >= 11 is 0. The van der Waals surface area contributed by atoms with Gasteiger partial charge in [-0.25, -0.2) is 9.97 Å². The van der Waals surface area contributed by atoms with E-state index in [0.29, 0.717) is 11.6 Å². The van der Waals surface area contributed by atoms with Gasteiger partial charge in [-0.05, 0) is 63.4 Å². The normalized spacial score (nSPS) is 15.0. The second-order valence-electron chi connectivity index (χ2n) is 6.87. The van der Waals surface area contributed by atoms with Crippen molar-refractivity contribution < 1.29 is 4.79 Å². The van der Waals surface area contributed by atoms with Gasteiger partial charge in [0.2, 0.25) is 5.95 Å². The first-order valence-electron chi connectivity index (χ1n) is 9.33. The zero-order valence-electron chi connectivity index (χ0n) is 15.7. The van der Waals surface area contributed by atoms with Gasteiger partial charge in [-0.3, -0.25) is 4.79 Å². The molecule has 0 saturated carbocycles. The molecule has 138 valence electrons. The van der Waals surface area contributed by atoms with Crippen molar-refractivity contribution in [2.75, 3.05) is 23.3 Å². The fraction of sp³-hybridized carbons (Fsp3) is 0.450. The summed E-state index contributed by atoms with van der Waals surface area (Å²) in [5, 5.41) is 6.14. The number of anilines is 3. The van der Waals surface area contributed by atoms with E-state index < -0.39 is 0 Å². The first kappa shape index (κ1) is 18.2. The van der Waals surface area contributed by atoms with Crippen LogP contribution in [0.15, 0.2) is 30.3 Å². The Labute approximate surface area is 155 Å². The Morgan fingerprint density at radius 1 is 1.19 bits per heavy atom. The summed E-state index contributed by atoms with van der Waals surface area (Å²) in [6, 6.07) is 10.1. The van der Waals surface area contributed by atoms with Crippen LogP contribution in [-0.2, 0) is 0 Å². The van der Waals surface area contributed by atoms with Crippen molar-refractivity contribution >= 4 is 23.2 Å². The molecule has 0 spiro atoms. The lowest BCUT2D eigenvalue weighted by atomic mass is 10.2. The third-order valence-electron chi connectivity index (χ3n) is 4.67. The standard InChI is InChI=1S/C20H27N5O/c1-4-14(2)21-19(26)18-13-15(3)22-20(24-18)23-16-7-9-17(10-8-16)25-11-5-6-12-25/h7-10,13-14H,4-6,11-12H2,1-3H3,(H,21,26)(H,22,23,24). The molecule has 1 aromatic carbocycles. The van der Waals surface area contributed by atoms with E-state index in [4.69, 9.17) is 0 Å². The second-order valence-corrected chi connectivity index (χ2v) is 6.87. The highest BCUT2D eigenvalue weighted by atomic mass is 16.1. The molecule has 0 aliphatic carbocycles. The van der Waals surface area contributed by atoms with E-state index >= 15 is 0 Å². The summed E-state index contributed by atoms with van der Waals surface area (Å²) in [7, 11) is 0. The van der Waals surface area contributed by atoms with Crippen LogP contribution in [0.5, 0.6) is 0 Å². The maximum Gasteiger partial charge on any atom is 0.270 e. The molecule has 1 aromatic heterocycles. The number of amides is 1. The van der Waals surface area contributed by atoms with Crippen molar-refractivity contribution in [2.45, 2.75) is 46.1 Å². The van der Waals surface area contributed by atoms with E-state index in [2.05, 4.69) is 37.6 Å². The topological polar surface area (TPSA) is 70.2 Å². The van der Waals surface area contributed by atoms with E-state index in [-0.39, 0.29) is 11.9 Å². The molecule has 26 heavy (non-hydrogen) atoms. The largest absolute Gasteiger partial charge is 0.372 e. The number of rotatable bonds is 6. The Hall–Kier alpha value is -2.63. The smallest absolute Gasteiger partial charge is 0.270 e. The average molecular weight is 353 g/mol. The quantitative estimate of drug-likeness (QED) is 0.829. The van der Waals surface area contributed by atoms with Gasteiger partial charge in [0.15, 0.2) is 0 Å². The molecule has 6 heteroatoms. The van der Waals surface area contributed by atoms with Gasteiger partial charge in [0.05, 0.1) is 0 Å². The number of hydrogen-bond donors (Lipinski definition) is 2. The Kier molecular flexibility index (Phi) is 5.71. The zero-order chi connectivity index (χ0) is 18.5. The van der Waals surface area contributed by atoms with E-state index in [1.54, 1.807) is 6.07 Å². The molecule has 6 nitrogen and oxygen atoms in total. The van der Waals surface area contributed by atoms with Crippen LogP contribution in [0.1, 0.15) is 49.3 Å². The molecule has 1 atom stereocenters. The molecule has 2 aromatic rings. The van der Waals surface area contributed by atoms with Crippen molar-refractivity contribution in [1.29, 1.82) is 0 Å². The number of aromatic nitrogens is 2. The molecule has 1 saturated heterocycles. The lowest BCUT2D eigenvalue weighted by molar-refractivity contribution is 0.0934. The Balaban J connectivity index is 1.72. The molecule has 0 radical (unpaired) electrons. The molecule has 1 unspecified atom stereocenters. The maximum atomic E-state index is 12.3. The lowest BCUT2D eigenvalue weighted by Gasteiger charge is -2.18. The highest BCUT2D eigenvalue weighted by Gasteiger charge is 2.14. The molecular formula is C20H27N5O. The summed E-state index contributed by atoms with van der Waals surface area (Å²) in [5.74, 6) is 0.269. The van der Waals surface area contributed by atoms with Gasteiger partial charge >= 0.3 is 0 Å². The lowest BCUT2D eigenvalue weighted by Crippen LogP contribution is -2.32. The third kappa shape index (κ3) is 4.50. The Morgan fingerprint density at radius 3 is 2.54 bits per heavy atom. The Bertz CT molecular complexity index is 753. The van der Waals surface area contributed by atoms with Crippen molar-refractivity contribution in [3.05, 3.63) is 41.7 Å². The molecule has 0 bridgehead atoms. The van der Waals surface area contributed by atoms with Crippen LogP contribution in [0.2, 0.25) is 0 Å². The molecule has 1 fully saturated rings. The summed E-state index contributed by atoms with van der Waals surface area (Å²) in [6.45, 7) is 8.14. The number of carbonyl (C=O) groups excluding carboxylic acids is 1. The minimum absolute atomic E-state index is 0.118. The average Bonchev–Trinajstić information content (AvgIpc) is 3.16. The summed E-state index contributed by atoms with van der Waals surface area (Å²) in [5.41, 5.74) is 3.29. The van der Waals surface area contributed by atoms with Gasteiger partial charge in [-0.2, -0.15) is 0 Å². The summed E-state index contributed by atoms with van der Waals surface area (Å²) in [4.78, 5) is 23.5. The monoisotopic (exact) mass is 353 g/mol. The fourth-order valence-corrected chi connectivity index (χ4v) is 3.00. The third-order valence-corrected chi connectivity index (χ3v) is 4.67. The molecule has 3 rings (SSSR count). The number of aryl methyl sites for hydroxylation is 1. The van der Waals surface area contributed by atoms with Gasteiger partial charge in [0, 0.05) is 36.2 Å². The minimum atomic E-state index is -0.169. The minimum Gasteiger partial charge on any atom is -0.372 e. The van der Waals surface area contributed by atoms with Crippen LogP contribution in [0.25, 0.3) is 0 Å². The summed E-state index contributed by atoms with van der Waals surface area (Å²) < 4.78 is 0. The van der Waals surface area contributed by atoms with Gasteiger partial charge < -0.3 is 15.5 Å². The van der Waals surface area contributed by atoms with Gasteiger partial charge in [0.1, 0.15) is 5.69 Å². The molecule has 1 aliphatic rings. The zero-order valence-corrected chi connectivity index (χ0v) is 15.7. The van der Waals surface area contributed by atoms with E-state index in [0.717, 1.165) is 30.9 Å². The van der Waals surface area contributed by atoms with Crippen LogP contribution in [0.4, 0.5) is 17.3 Å². The van der Waals surface area contributed by atoms with Gasteiger partial charge in [-0.1, -0.05) is 6.92 Å². The van der Waals surface area contributed by atoms with Crippen LogP contribution < -0.4 is 15.5 Å². The van der Waals surface area contributed by atoms with Crippen molar-refractivity contribution in [3.63, 3.8) is 0 Å².